The topological polar surface area (TPSA) is 43.6 Å². The molecule has 0 atom stereocenters. The van der Waals surface area contributed by atoms with Crippen molar-refractivity contribution >= 4 is 78.6 Å². The normalized spacial score (nSPS) is 12.4. The molecular weight excluding hydrogens is 562 g/mol. The number of halogens is 2. The summed E-state index contributed by atoms with van der Waals surface area (Å²) < 4.78 is 10.1. The number of fused-ring (bicyclic) bond motifs is 3. The molecule has 4 aromatic rings. The molecule has 2 aromatic carbocycles. The Morgan fingerprint density at radius 3 is 2.68 bits per heavy atom. The summed E-state index contributed by atoms with van der Waals surface area (Å²) in [5.41, 5.74) is 2.67. The van der Waals surface area contributed by atoms with Crippen LogP contribution in [0.1, 0.15) is 12.5 Å². The summed E-state index contributed by atoms with van der Waals surface area (Å²) in [6, 6.07) is 11.8. The fourth-order valence-corrected chi connectivity index (χ4v) is 5.82. The highest BCUT2D eigenvalue weighted by atomic mass is 127. The predicted octanol–water partition coefficient (Wildman–Crippen LogP) is 4.06. The second-order valence-corrected chi connectivity index (χ2v) is 8.71. The van der Waals surface area contributed by atoms with Crippen molar-refractivity contribution in [3.8, 4) is 5.75 Å². The third-order valence-corrected chi connectivity index (χ3v) is 6.32. The largest absolute Gasteiger partial charge is 0.492 e. The van der Waals surface area contributed by atoms with E-state index in [1.54, 1.807) is 4.40 Å². The lowest BCUT2D eigenvalue weighted by atomic mass is 10.2. The fraction of sp³-hybridized carbons (Fsp3) is 0.111. The maximum Gasteiger partial charge on any atom is 0.274 e. The zero-order valence-corrected chi connectivity index (χ0v) is 18.3. The number of hydrogen-bond acceptors (Lipinski definition) is 4. The van der Waals surface area contributed by atoms with Crippen molar-refractivity contribution < 1.29 is 4.74 Å². The molecule has 0 aliphatic rings. The molecule has 0 N–H and O–H groups in total. The van der Waals surface area contributed by atoms with Gasteiger partial charge >= 0.3 is 0 Å². The van der Waals surface area contributed by atoms with Crippen molar-refractivity contribution in [2.75, 3.05) is 6.61 Å². The Morgan fingerprint density at radius 1 is 1.24 bits per heavy atom. The number of hydrogen-bond donors (Lipinski definition) is 0. The maximum atomic E-state index is 12.8. The lowest BCUT2D eigenvalue weighted by Crippen LogP contribution is -2.22. The number of aromatic nitrogens is 2. The fourth-order valence-electron chi connectivity index (χ4n) is 2.71. The highest BCUT2D eigenvalue weighted by Gasteiger charge is 2.11. The standard InChI is InChI=1S/C18H12I2N2O2S/c1-2-24-16-11(19)7-10(8-12(16)20)9-15-17(23)22-14-6-4-3-5-13(14)21-18(22)25-15/h3-9H,2H2,1H3/b15-9-. The first-order chi connectivity index (χ1) is 12.1. The van der Waals surface area contributed by atoms with Gasteiger partial charge in [0.2, 0.25) is 0 Å². The average Bonchev–Trinajstić information content (AvgIpc) is 3.08. The van der Waals surface area contributed by atoms with Crippen molar-refractivity contribution in [2.24, 2.45) is 0 Å². The maximum absolute atomic E-state index is 12.8. The van der Waals surface area contributed by atoms with E-state index >= 15 is 0 Å². The molecule has 0 saturated heterocycles. The minimum absolute atomic E-state index is 0.0207. The molecule has 0 aliphatic carbocycles. The zero-order valence-electron chi connectivity index (χ0n) is 13.1. The molecule has 0 unspecified atom stereocenters. The molecule has 0 bridgehead atoms. The first-order valence-corrected chi connectivity index (χ1v) is 10.6. The molecule has 0 aliphatic heterocycles. The molecule has 0 saturated carbocycles. The number of benzene rings is 2. The van der Waals surface area contributed by atoms with Crippen LogP contribution in [0, 0.1) is 7.14 Å². The van der Waals surface area contributed by atoms with Crippen molar-refractivity contribution in [3.63, 3.8) is 0 Å². The van der Waals surface area contributed by atoms with Gasteiger partial charge in [-0.1, -0.05) is 23.5 Å². The molecule has 25 heavy (non-hydrogen) atoms. The zero-order chi connectivity index (χ0) is 17.6. The van der Waals surface area contributed by atoms with E-state index < -0.39 is 0 Å². The van der Waals surface area contributed by atoms with Crippen LogP contribution in [0.4, 0.5) is 0 Å². The van der Waals surface area contributed by atoms with E-state index in [0.29, 0.717) is 11.1 Å². The van der Waals surface area contributed by atoms with Crippen molar-refractivity contribution in [1.82, 2.24) is 9.38 Å². The molecule has 2 aromatic heterocycles. The molecule has 0 amide bonds. The smallest absolute Gasteiger partial charge is 0.274 e. The van der Waals surface area contributed by atoms with Crippen LogP contribution in [0.25, 0.3) is 22.1 Å². The summed E-state index contributed by atoms with van der Waals surface area (Å²) in [6.45, 7) is 2.61. The van der Waals surface area contributed by atoms with Crippen molar-refractivity contribution in [2.45, 2.75) is 6.92 Å². The van der Waals surface area contributed by atoms with E-state index in [2.05, 4.69) is 50.2 Å². The van der Waals surface area contributed by atoms with E-state index in [0.717, 1.165) is 34.4 Å². The van der Waals surface area contributed by atoms with E-state index in [1.807, 2.05) is 49.4 Å². The lowest BCUT2D eigenvalue weighted by molar-refractivity contribution is 0.335. The van der Waals surface area contributed by atoms with Gasteiger partial charge in [0.1, 0.15) is 5.75 Å². The molecule has 2 heterocycles. The Bertz CT molecular complexity index is 1190. The van der Waals surface area contributed by atoms with Gasteiger partial charge in [0.25, 0.3) is 5.56 Å². The summed E-state index contributed by atoms with van der Waals surface area (Å²) in [4.78, 5) is 18.1. The third kappa shape index (κ3) is 3.06. The van der Waals surface area contributed by atoms with Crippen LogP contribution in [-0.4, -0.2) is 16.0 Å². The van der Waals surface area contributed by atoms with Crippen LogP contribution in [-0.2, 0) is 0 Å². The van der Waals surface area contributed by atoms with E-state index in [9.17, 15) is 4.79 Å². The van der Waals surface area contributed by atoms with Gasteiger partial charge in [0, 0.05) is 0 Å². The SMILES string of the molecule is CCOc1c(I)cc(/C=c2\sc3nc4ccccc4n3c2=O)cc1I. The van der Waals surface area contributed by atoms with Gasteiger partial charge in [-0.15, -0.1) is 0 Å². The van der Waals surface area contributed by atoms with Crippen LogP contribution in [0.2, 0.25) is 0 Å². The average molecular weight is 574 g/mol. The second kappa shape index (κ2) is 6.84. The van der Waals surface area contributed by atoms with Gasteiger partial charge in [0.05, 0.1) is 29.3 Å². The van der Waals surface area contributed by atoms with E-state index in [1.165, 1.54) is 11.3 Å². The Kier molecular flexibility index (Phi) is 4.71. The Balaban J connectivity index is 1.90. The van der Waals surface area contributed by atoms with Crippen LogP contribution >= 0.6 is 56.5 Å². The second-order valence-electron chi connectivity index (χ2n) is 5.38. The number of nitrogens with zero attached hydrogens (tertiary/aromatic N) is 2. The van der Waals surface area contributed by atoms with E-state index in [-0.39, 0.29) is 5.56 Å². The lowest BCUT2D eigenvalue weighted by Gasteiger charge is -2.09. The van der Waals surface area contributed by atoms with E-state index in [4.69, 9.17) is 4.74 Å². The number of rotatable bonds is 3. The van der Waals surface area contributed by atoms with Gasteiger partial charge in [-0.05, 0) is 88.0 Å². The minimum atomic E-state index is -0.0207. The molecule has 4 rings (SSSR count). The first kappa shape index (κ1) is 17.2. The summed E-state index contributed by atoms with van der Waals surface area (Å²) in [5.74, 6) is 0.898. The van der Waals surface area contributed by atoms with Gasteiger partial charge in [0.15, 0.2) is 4.96 Å². The summed E-state index contributed by atoms with van der Waals surface area (Å²) in [7, 11) is 0. The number of ether oxygens (including phenoxy) is 1. The predicted molar refractivity (Wildman–Crippen MR) is 119 cm³/mol. The van der Waals surface area contributed by atoms with Crippen LogP contribution in [0.5, 0.6) is 5.75 Å². The van der Waals surface area contributed by atoms with Crippen molar-refractivity contribution in [1.29, 1.82) is 0 Å². The number of para-hydroxylation sites is 2. The molecule has 0 spiro atoms. The van der Waals surface area contributed by atoms with Crippen LogP contribution < -0.4 is 14.8 Å². The number of imidazole rings is 1. The van der Waals surface area contributed by atoms with Gasteiger partial charge in [-0.25, -0.2) is 9.38 Å². The summed E-state index contributed by atoms with van der Waals surface area (Å²) >= 11 is 5.96. The Labute approximate surface area is 174 Å². The monoisotopic (exact) mass is 574 g/mol. The van der Waals surface area contributed by atoms with Crippen molar-refractivity contribution in [3.05, 3.63) is 64.0 Å². The number of thiazole rings is 1. The highest BCUT2D eigenvalue weighted by molar-refractivity contribution is 14.1. The minimum Gasteiger partial charge on any atom is -0.492 e. The Morgan fingerprint density at radius 2 is 1.96 bits per heavy atom. The van der Waals surface area contributed by atoms with Gasteiger partial charge in [-0.3, -0.25) is 4.79 Å². The molecule has 126 valence electrons. The molecule has 7 heteroatoms. The highest BCUT2D eigenvalue weighted by Crippen LogP contribution is 2.29. The van der Waals surface area contributed by atoms with Gasteiger partial charge < -0.3 is 4.74 Å². The van der Waals surface area contributed by atoms with Crippen LogP contribution in [0.3, 0.4) is 0 Å². The molecule has 0 radical (unpaired) electrons. The first-order valence-electron chi connectivity index (χ1n) is 7.62. The molecule has 4 nitrogen and oxygen atoms in total. The summed E-state index contributed by atoms with van der Waals surface area (Å²) in [6.07, 6.45) is 1.93. The third-order valence-electron chi connectivity index (χ3n) is 3.75. The molecule has 0 fully saturated rings. The Hall–Kier alpha value is -1.20. The summed E-state index contributed by atoms with van der Waals surface area (Å²) in [5, 5.41) is 0. The van der Waals surface area contributed by atoms with Gasteiger partial charge in [-0.2, -0.15) is 0 Å². The van der Waals surface area contributed by atoms with Crippen LogP contribution in [0.15, 0.2) is 41.2 Å². The quantitative estimate of drug-likeness (QED) is 0.347. The molecular formula is C18H12I2N2O2S.